The van der Waals surface area contributed by atoms with Crippen molar-refractivity contribution < 1.29 is 19.1 Å². The van der Waals surface area contributed by atoms with E-state index in [0.29, 0.717) is 36.7 Å². The predicted octanol–water partition coefficient (Wildman–Crippen LogP) is 4.21. The molecule has 1 fully saturated rings. The molecular weight excluding hydrogens is 444 g/mol. The summed E-state index contributed by atoms with van der Waals surface area (Å²) in [6.07, 6.45) is 6.03. The normalized spacial score (nSPS) is 24.8. The molecule has 0 radical (unpaired) electrons. The van der Waals surface area contributed by atoms with E-state index >= 15 is 0 Å². The quantitative estimate of drug-likeness (QED) is 0.627. The van der Waals surface area contributed by atoms with Crippen LogP contribution in [-0.2, 0) is 4.74 Å². The van der Waals surface area contributed by atoms with Crippen LogP contribution in [0.15, 0.2) is 18.2 Å². The Morgan fingerprint density at radius 2 is 1.94 bits per heavy atom. The summed E-state index contributed by atoms with van der Waals surface area (Å²) in [5.74, 6) is 1.38. The van der Waals surface area contributed by atoms with E-state index in [1.54, 1.807) is 37.3 Å². The Morgan fingerprint density at radius 1 is 1.20 bits per heavy atom. The smallest absolute Gasteiger partial charge is 0.319 e. The summed E-state index contributed by atoms with van der Waals surface area (Å²) in [6, 6.07) is 5.19. The molecule has 1 heterocycles. The SMILES string of the molecule is CCCNC(=O)Nc1ccc2c(c1)C(=O)N(C)C[C@@H](OC)[C@H](C)CN(CC1CCCC1)[C@H](C)CO2. The number of amides is 3. The summed E-state index contributed by atoms with van der Waals surface area (Å²) < 4.78 is 12.1. The summed E-state index contributed by atoms with van der Waals surface area (Å²) in [5.41, 5.74) is 1.00. The van der Waals surface area contributed by atoms with E-state index in [2.05, 4.69) is 29.4 Å². The molecule has 1 aliphatic carbocycles. The molecule has 35 heavy (non-hydrogen) atoms. The fourth-order valence-corrected chi connectivity index (χ4v) is 5.12. The lowest BCUT2D eigenvalue weighted by molar-refractivity contribution is 0.00814. The topological polar surface area (TPSA) is 83.1 Å². The van der Waals surface area contributed by atoms with Crippen molar-refractivity contribution in [1.29, 1.82) is 0 Å². The van der Waals surface area contributed by atoms with Crippen LogP contribution < -0.4 is 15.4 Å². The maximum absolute atomic E-state index is 13.5. The number of nitrogens with zero attached hydrogens (tertiary/aromatic N) is 2. The molecule has 2 N–H and O–H groups in total. The number of carbonyl (C=O) groups is 2. The van der Waals surface area contributed by atoms with Gasteiger partial charge in [0, 0.05) is 52.1 Å². The number of carbonyl (C=O) groups excluding carboxylic acids is 2. The molecule has 3 amide bonds. The van der Waals surface area contributed by atoms with Crippen LogP contribution in [0.25, 0.3) is 0 Å². The second-order valence-electron chi connectivity index (χ2n) is 10.3. The zero-order valence-electron chi connectivity index (χ0n) is 22.1. The van der Waals surface area contributed by atoms with Crippen LogP contribution in [0.4, 0.5) is 10.5 Å². The van der Waals surface area contributed by atoms with Crippen LogP contribution in [-0.4, -0.2) is 80.8 Å². The first-order valence-electron chi connectivity index (χ1n) is 13.2. The van der Waals surface area contributed by atoms with Crippen molar-refractivity contribution in [3.8, 4) is 5.75 Å². The van der Waals surface area contributed by atoms with Gasteiger partial charge in [0.05, 0.1) is 11.7 Å². The Labute approximate surface area is 210 Å². The number of likely N-dealkylation sites (N-methyl/N-ethyl adjacent to an activating group) is 1. The van der Waals surface area contributed by atoms with Crippen molar-refractivity contribution in [2.45, 2.75) is 65.0 Å². The third-order valence-electron chi connectivity index (χ3n) is 7.33. The third-order valence-corrected chi connectivity index (χ3v) is 7.33. The van der Waals surface area contributed by atoms with E-state index in [0.717, 1.165) is 25.4 Å². The minimum atomic E-state index is -0.286. The maximum Gasteiger partial charge on any atom is 0.319 e. The average Bonchev–Trinajstić information content (AvgIpc) is 3.36. The van der Waals surface area contributed by atoms with Crippen molar-refractivity contribution in [2.75, 3.05) is 52.3 Å². The predicted molar refractivity (Wildman–Crippen MR) is 139 cm³/mol. The van der Waals surface area contributed by atoms with Crippen molar-refractivity contribution in [3.05, 3.63) is 23.8 Å². The number of fused-ring (bicyclic) bond motifs is 1. The largest absolute Gasteiger partial charge is 0.491 e. The van der Waals surface area contributed by atoms with Gasteiger partial charge in [0.25, 0.3) is 5.91 Å². The van der Waals surface area contributed by atoms with Gasteiger partial charge in [-0.15, -0.1) is 0 Å². The molecular formula is C27H44N4O4. The van der Waals surface area contributed by atoms with Gasteiger partial charge in [-0.1, -0.05) is 26.7 Å². The summed E-state index contributed by atoms with van der Waals surface area (Å²) in [6.45, 7) is 9.95. The van der Waals surface area contributed by atoms with Gasteiger partial charge in [-0.05, 0) is 56.2 Å². The summed E-state index contributed by atoms with van der Waals surface area (Å²) in [4.78, 5) is 29.9. The number of hydrogen-bond donors (Lipinski definition) is 2. The van der Waals surface area contributed by atoms with Gasteiger partial charge in [0.1, 0.15) is 12.4 Å². The highest BCUT2D eigenvalue weighted by molar-refractivity contribution is 5.99. The van der Waals surface area contributed by atoms with Crippen LogP contribution >= 0.6 is 0 Å². The number of ether oxygens (including phenoxy) is 2. The molecule has 8 heteroatoms. The van der Waals surface area contributed by atoms with Crippen LogP contribution in [0.3, 0.4) is 0 Å². The molecule has 196 valence electrons. The molecule has 3 atom stereocenters. The zero-order chi connectivity index (χ0) is 25.4. The highest BCUT2D eigenvalue weighted by Gasteiger charge is 2.30. The molecule has 1 aromatic carbocycles. The van der Waals surface area contributed by atoms with Gasteiger partial charge in [-0.25, -0.2) is 4.79 Å². The van der Waals surface area contributed by atoms with Crippen molar-refractivity contribution >= 4 is 17.6 Å². The van der Waals surface area contributed by atoms with E-state index in [1.807, 2.05) is 6.92 Å². The molecule has 1 aliphatic heterocycles. The second kappa shape index (κ2) is 13.1. The Bertz CT molecular complexity index is 842. The second-order valence-corrected chi connectivity index (χ2v) is 10.3. The van der Waals surface area contributed by atoms with Gasteiger partial charge in [0.2, 0.25) is 0 Å². The van der Waals surface area contributed by atoms with Gasteiger partial charge in [-0.2, -0.15) is 0 Å². The Kier molecular flexibility index (Phi) is 10.2. The van der Waals surface area contributed by atoms with E-state index in [1.165, 1.54) is 25.7 Å². The van der Waals surface area contributed by atoms with Crippen molar-refractivity contribution in [1.82, 2.24) is 15.1 Å². The van der Waals surface area contributed by atoms with Gasteiger partial charge < -0.3 is 25.0 Å². The molecule has 0 bridgehead atoms. The zero-order valence-corrected chi connectivity index (χ0v) is 22.1. The summed E-state index contributed by atoms with van der Waals surface area (Å²) in [7, 11) is 3.52. The molecule has 1 saturated carbocycles. The molecule has 8 nitrogen and oxygen atoms in total. The number of benzene rings is 1. The number of urea groups is 1. The highest BCUT2D eigenvalue weighted by atomic mass is 16.5. The summed E-state index contributed by atoms with van der Waals surface area (Å²) >= 11 is 0. The van der Waals surface area contributed by atoms with E-state index in [4.69, 9.17) is 9.47 Å². The number of nitrogens with one attached hydrogen (secondary N) is 2. The first-order valence-corrected chi connectivity index (χ1v) is 13.2. The minimum absolute atomic E-state index is 0.0767. The minimum Gasteiger partial charge on any atom is -0.491 e. The number of rotatable bonds is 6. The van der Waals surface area contributed by atoms with Crippen LogP contribution in [0.1, 0.15) is 63.2 Å². The van der Waals surface area contributed by atoms with E-state index in [9.17, 15) is 9.59 Å². The molecule has 0 unspecified atom stereocenters. The van der Waals surface area contributed by atoms with Gasteiger partial charge in [-0.3, -0.25) is 9.69 Å². The Hall–Kier alpha value is -2.32. The Balaban J connectivity index is 1.86. The number of methoxy groups -OCH3 is 1. The third kappa shape index (κ3) is 7.58. The molecule has 0 saturated heterocycles. The standard InChI is InChI=1S/C27H44N4O4/c1-6-13-28-27(33)29-22-11-12-24-23(14-22)26(32)30(4)17-25(34-5)19(2)15-31(20(3)18-35-24)16-21-9-7-8-10-21/h11-12,14,19-21,25H,6-10,13,15-18H2,1-5H3,(H2,28,29,33)/t19-,20-,25-/m1/s1. The fraction of sp³-hybridized carbons (Fsp3) is 0.704. The lowest BCUT2D eigenvalue weighted by Gasteiger charge is -2.37. The number of anilines is 1. The molecule has 0 spiro atoms. The monoisotopic (exact) mass is 488 g/mol. The van der Waals surface area contributed by atoms with Crippen LogP contribution in [0, 0.1) is 11.8 Å². The first-order chi connectivity index (χ1) is 16.8. The van der Waals surface area contributed by atoms with Crippen molar-refractivity contribution in [3.63, 3.8) is 0 Å². The van der Waals surface area contributed by atoms with E-state index in [-0.39, 0.29) is 30.0 Å². The number of hydrogen-bond acceptors (Lipinski definition) is 5. The highest BCUT2D eigenvalue weighted by Crippen LogP contribution is 2.29. The molecule has 0 aromatic heterocycles. The first kappa shape index (κ1) is 27.3. The van der Waals surface area contributed by atoms with Gasteiger partial charge in [0.15, 0.2) is 0 Å². The lowest BCUT2D eigenvalue weighted by Crippen LogP contribution is -2.47. The average molecular weight is 489 g/mol. The Morgan fingerprint density at radius 3 is 2.63 bits per heavy atom. The van der Waals surface area contributed by atoms with Crippen molar-refractivity contribution in [2.24, 2.45) is 11.8 Å². The lowest BCUT2D eigenvalue weighted by atomic mass is 9.99. The maximum atomic E-state index is 13.5. The van der Waals surface area contributed by atoms with E-state index < -0.39 is 0 Å². The fourth-order valence-electron chi connectivity index (χ4n) is 5.12. The molecule has 3 rings (SSSR count). The molecule has 2 aliphatic rings. The summed E-state index contributed by atoms with van der Waals surface area (Å²) in [5, 5.41) is 5.62. The van der Waals surface area contributed by atoms with Crippen LogP contribution in [0.5, 0.6) is 5.75 Å². The van der Waals surface area contributed by atoms with Crippen LogP contribution in [0.2, 0.25) is 0 Å². The van der Waals surface area contributed by atoms with Gasteiger partial charge >= 0.3 is 6.03 Å². The molecule has 1 aromatic rings.